The van der Waals surface area contributed by atoms with E-state index in [0.717, 1.165) is 30.4 Å². The molecule has 0 bridgehead atoms. The van der Waals surface area contributed by atoms with Gasteiger partial charge < -0.3 is 19.6 Å². The monoisotopic (exact) mass is 621 g/mol. The average molecular weight is 622 g/mol. The number of rotatable bonds is 14. The largest absolute Gasteiger partial charge is 0.463 e. The third-order valence-corrected chi connectivity index (χ3v) is 7.74. The van der Waals surface area contributed by atoms with Crippen LogP contribution in [-0.4, -0.2) is 38.8 Å². The highest BCUT2D eigenvalue weighted by atomic mass is 16.5. The van der Waals surface area contributed by atoms with Crippen LogP contribution in [-0.2, 0) is 35.4 Å². The lowest BCUT2D eigenvalue weighted by Crippen LogP contribution is -2.40. The lowest BCUT2D eigenvalue weighted by molar-refractivity contribution is -0.122. The fraction of sp³-hybridized carbons (Fsp3) is 0.306. The van der Waals surface area contributed by atoms with Gasteiger partial charge in [-0.15, -0.1) is 0 Å². The fourth-order valence-corrected chi connectivity index (χ4v) is 5.37. The van der Waals surface area contributed by atoms with Crippen molar-refractivity contribution in [2.75, 3.05) is 0 Å². The van der Waals surface area contributed by atoms with E-state index in [-0.39, 0.29) is 53.9 Å². The van der Waals surface area contributed by atoms with Crippen molar-refractivity contribution in [3.63, 3.8) is 0 Å². The molecule has 0 aliphatic carbocycles. The van der Waals surface area contributed by atoms with E-state index >= 15 is 0 Å². The molecule has 238 valence electrons. The first-order valence-electron chi connectivity index (χ1n) is 15.5. The van der Waals surface area contributed by atoms with Crippen LogP contribution in [0.15, 0.2) is 98.9 Å². The predicted octanol–water partition coefficient (Wildman–Crippen LogP) is 5.28. The van der Waals surface area contributed by atoms with Gasteiger partial charge >= 0.3 is 0 Å². The van der Waals surface area contributed by atoms with Gasteiger partial charge in [0, 0.05) is 23.7 Å². The highest BCUT2D eigenvalue weighted by Gasteiger charge is 2.27. The smallest absolute Gasteiger partial charge is 0.271 e. The molecule has 10 nitrogen and oxygen atoms in total. The van der Waals surface area contributed by atoms with Crippen LogP contribution in [0.25, 0.3) is 22.8 Å². The number of benzene rings is 2. The number of hydrogen-bond donors (Lipinski definition) is 2. The van der Waals surface area contributed by atoms with E-state index in [1.54, 1.807) is 25.1 Å². The molecule has 0 aliphatic heterocycles. The number of aryl methyl sites for hydroxylation is 3. The molecular formula is C36H39N5O5. The first-order valence-corrected chi connectivity index (χ1v) is 15.5. The van der Waals surface area contributed by atoms with Crippen LogP contribution < -0.4 is 16.2 Å². The minimum atomic E-state index is -0.571. The van der Waals surface area contributed by atoms with Gasteiger partial charge in [0.1, 0.15) is 12.2 Å². The van der Waals surface area contributed by atoms with Gasteiger partial charge in [-0.3, -0.25) is 14.4 Å². The lowest BCUT2D eigenvalue weighted by atomic mass is 10.00. The molecule has 2 aromatic carbocycles. The second kappa shape index (κ2) is 15.2. The Hall–Kier alpha value is -5.25. The first-order chi connectivity index (χ1) is 22.3. The molecule has 0 saturated heterocycles. The summed E-state index contributed by atoms with van der Waals surface area (Å²) in [6.07, 6.45) is 4.29. The molecule has 3 aromatic heterocycles. The Kier molecular flexibility index (Phi) is 10.6. The van der Waals surface area contributed by atoms with Gasteiger partial charge in [0.25, 0.3) is 5.56 Å². The number of hydrogen-bond acceptors (Lipinski definition) is 7. The minimum absolute atomic E-state index is 0.132. The van der Waals surface area contributed by atoms with Gasteiger partial charge in [0.05, 0.1) is 23.9 Å². The van der Waals surface area contributed by atoms with Crippen molar-refractivity contribution < 1.29 is 18.5 Å². The Morgan fingerprint density at radius 1 is 0.826 bits per heavy atom. The van der Waals surface area contributed by atoms with Crippen LogP contribution in [0, 0.1) is 6.92 Å². The molecule has 2 N–H and O–H groups in total. The second-order valence-electron chi connectivity index (χ2n) is 11.6. The lowest BCUT2D eigenvalue weighted by Gasteiger charge is -2.18. The molecule has 46 heavy (non-hydrogen) atoms. The normalized spacial score (nSPS) is 12.4. The number of carbonyl (C=O) groups excluding carboxylic acids is 2. The van der Waals surface area contributed by atoms with E-state index in [1.165, 1.54) is 17.4 Å². The number of nitrogens with one attached hydrogen (secondary N) is 2. The quantitative estimate of drug-likeness (QED) is 0.172. The Balaban J connectivity index is 1.40. The summed E-state index contributed by atoms with van der Waals surface area (Å²) in [5.41, 5.74) is 3.10. The van der Waals surface area contributed by atoms with Crippen molar-refractivity contribution in [2.45, 2.75) is 71.5 Å². The molecule has 5 rings (SSSR count). The maximum atomic E-state index is 14.0. The molecule has 2 unspecified atom stereocenters. The summed E-state index contributed by atoms with van der Waals surface area (Å²) in [7, 11) is 0. The highest BCUT2D eigenvalue weighted by molar-refractivity contribution is 5.85. The van der Waals surface area contributed by atoms with Gasteiger partial charge in [-0.25, -0.2) is 4.68 Å². The molecule has 3 heterocycles. The highest BCUT2D eigenvalue weighted by Crippen LogP contribution is 2.33. The van der Waals surface area contributed by atoms with Crippen LogP contribution in [0.3, 0.4) is 0 Å². The summed E-state index contributed by atoms with van der Waals surface area (Å²) >= 11 is 0. The van der Waals surface area contributed by atoms with Gasteiger partial charge in [-0.1, -0.05) is 65.8 Å². The van der Waals surface area contributed by atoms with Crippen LogP contribution in [0.2, 0.25) is 0 Å². The maximum Gasteiger partial charge on any atom is 0.271 e. The molecule has 0 aliphatic rings. The van der Waals surface area contributed by atoms with Crippen molar-refractivity contribution in [3.8, 4) is 22.8 Å². The van der Waals surface area contributed by atoms with Crippen molar-refractivity contribution in [1.82, 2.24) is 25.6 Å². The Labute approximate surface area is 267 Å². The second-order valence-corrected chi connectivity index (χ2v) is 11.6. The van der Waals surface area contributed by atoms with E-state index < -0.39 is 5.56 Å². The Morgan fingerprint density at radius 3 is 1.98 bits per heavy atom. The Bertz CT molecular complexity index is 1800. The number of amides is 2. The van der Waals surface area contributed by atoms with E-state index in [2.05, 4.69) is 33.0 Å². The van der Waals surface area contributed by atoms with E-state index in [9.17, 15) is 14.4 Å². The van der Waals surface area contributed by atoms with Crippen molar-refractivity contribution in [2.24, 2.45) is 0 Å². The average Bonchev–Trinajstić information content (AvgIpc) is 3.74. The van der Waals surface area contributed by atoms with Gasteiger partial charge in [0.15, 0.2) is 11.5 Å². The van der Waals surface area contributed by atoms with Crippen LogP contribution >= 0.6 is 0 Å². The summed E-state index contributed by atoms with van der Waals surface area (Å²) in [5, 5.41) is 14.6. The number of aromatic nitrogens is 3. The predicted molar refractivity (Wildman–Crippen MR) is 175 cm³/mol. The van der Waals surface area contributed by atoms with Crippen LogP contribution in [0.1, 0.15) is 49.1 Å². The summed E-state index contributed by atoms with van der Waals surface area (Å²) in [6, 6.07) is 24.9. The van der Waals surface area contributed by atoms with E-state index in [1.807, 2.05) is 62.4 Å². The molecule has 2 amide bonds. The van der Waals surface area contributed by atoms with Crippen molar-refractivity contribution >= 4 is 11.8 Å². The number of carbonyl (C=O) groups is 2. The van der Waals surface area contributed by atoms with Gasteiger partial charge in [0.2, 0.25) is 11.8 Å². The van der Waals surface area contributed by atoms with Gasteiger partial charge in [-0.2, -0.15) is 5.10 Å². The molecule has 0 radical (unpaired) electrons. The standard InChI is InChI=1S/C36H39N5O5/c1-24(16-18-27-11-6-4-7-12-27)37-32(42)22-29-34(31-21-26(3)40-46-31)35(30-15-10-20-45-30)39-41(36(29)44)23-33(43)38-25(2)17-19-28-13-8-5-9-14-28/h4-15,20-21,24-25H,16-19,22-23H2,1-3H3,(H,37,42)(H,38,43). The molecule has 0 fully saturated rings. The molecule has 10 heteroatoms. The van der Waals surface area contributed by atoms with Crippen molar-refractivity contribution in [1.29, 1.82) is 0 Å². The zero-order valence-electron chi connectivity index (χ0n) is 26.4. The topological polar surface area (TPSA) is 132 Å². The third kappa shape index (κ3) is 8.47. The summed E-state index contributed by atoms with van der Waals surface area (Å²) in [5.74, 6) is -0.0714. The molecule has 5 aromatic rings. The summed E-state index contributed by atoms with van der Waals surface area (Å²) in [4.78, 5) is 40.6. The number of furan rings is 1. The van der Waals surface area contributed by atoms with Crippen LogP contribution in [0.5, 0.6) is 0 Å². The van der Waals surface area contributed by atoms with Crippen molar-refractivity contribution in [3.05, 3.63) is 118 Å². The fourth-order valence-electron chi connectivity index (χ4n) is 5.37. The first kappa shape index (κ1) is 32.2. The Morgan fingerprint density at radius 2 is 1.43 bits per heavy atom. The van der Waals surface area contributed by atoms with Crippen LogP contribution in [0.4, 0.5) is 0 Å². The SMILES string of the molecule is Cc1cc(-c2c(-c3ccco3)nn(CC(=O)NC(C)CCc3ccccc3)c(=O)c2CC(=O)NC(C)CCc2ccccc2)on1. The third-order valence-electron chi connectivity index (χ3n) is 7.74. The molecule has 0 saturated carbocycles. The molecule has 0 spiro atoms. The van der Waals surface area contributed by atoms with E-state index in [4.69, 9.17) is 8.94 Å². The minimum Gasteiger partial charge on any atom is -0.463 e. The zero-order chi connectivity index (χ0) is 32.5. The van der Waals surface area contributed by atoms with E-state index in [0.29, 0.717) is 17.0 Å². The summed E-state index contributed by atoms with van der Waals surface area (Å²) in [6.45, 7) is 5.29. The molecule has 2 atom stereocenters. The summed E-state index contributed by atoms with van der Waals surface area (Å²) < 4.78 is 12.4. The maximum absolute atomic E-state index is 14.0. The number of nitrogens with zero attached hydrogens (tertiary/aromatic N) is 3. The molecular weight excluding hydrogens is 582 g/mol. The van der Waals surface area contributed by atoms with Gasteiger partial charge in [-0.05, 0) is 69.7 Å². The zero-order valence-corrected chi connectivity index (χ0v) is 26.4.